The first-order chi connectivity index (χ1) is 14.4. The summed E-state index contributed by atoms with van der Waals surface area (Å²) in [7, 11) is -1.75. The Hall–Kier alpha value is -2.43. The van der Waals surface area contributed by atoms with Crippen molar-refractivity contribution in [3.8, 4) is 0 Å². The summed E-state index contributed by atoms with van der Waals surface area (Å²) in [5.74, 6) is -2.24. The molecular weight excluding hydrogens is 389 g/mol. The molecule has 0 saturated carbocycles. The Morgan fingerprint density at radius 1 is 1.13 bits per heavy atom. The van der Waals surface area contributed by atoms with Crippen molar-refractivity contribution in [2.45, 2.75) is 44.6 Å². The van der Waals surface area contributed by atoms with Gasteiger partial charge in [0.25, 0.3) is 0 Å². The van der Waals surface area contributed by atoms with Crippen LogP contribution in [-0.2, 0) is 25.5 Å². The normalized spacial score (nSPS) is 15.8. The molecule has 1 aliphatic heterocycles. The molecule has 0 bridgehead atoms. The molecular formula is C20H30BN3O6. The van der Waals surface area contributed by atoms with Gasteiger partial charge in [-0.05, 0) is 24.8 Å². The van der Waals surface area contributed by atoms with Gasteiger partial charge in [0.05, 0.1) is 25.6 Å². The van der Waals surface area contributed by atoms with Gasteiger partial charge in [-0.2, -0.15) is 0 Å². The van der Waals surface area contributed by atoms with Crippen molar-refractivity contribution in [2.24, 2.45) is 0 Å². The number of carbonyl (C=O) groups is 3. The Kier molecular flexibility index (Phi) is 9.79. The van der Waals surface area contributed by atoms with Gasteiger partial charge in [0, 0.05) is 20.0 Å². The molecule has 2 rings (SSSR count). The molecule has 164 valence electrons. The Labute approximate surface area is 176 Å². The molecule has 0 spiro atoms. The molecule has 2 atom stereocenters. The van der Waals surface area contributed by atoms with Crippen LogP contribution in [0.25, 0.3) is 0 Å². The standard InChI is InChI=1S/C20H30BN3O6/c1-15(25)22-17(14-19(26)24-10-12-30-13-11-24)20(27)23-18(21(28)29)9-5-8-16-6-3-2-4-7-16/h2-4,6-7,17-18,28-29H,5,8-14H2,1H3,(H,22,25)(H,23,27)/t17?,18-/m0/s1. The van der Waals surface area contributed by atoms with Gasteiger partial charge < -0.3 is 30.3 Å². The Morgan fingerprint density at radius 3 is 2.40 bits per heavy atom. The quantitative estimate of drug-likeness (QED) is 0.370. The third-order valence-electron chi connectivity index (χ3n) is 4.95. The zero-order chi connectivity index (χ0) is 21.9. The van der Waals surface area contributed by atoms with Gasteiger partial charge in [-0.25, -0.2) is 0 Å². The van der Waals surface area contributed by atoms with Gasteiger partial charge in [0.15, 0.2) is 0 Å². The van der Waals surface area contributed by atoms with E-state index in [4.69, 9.17) is 4.74 Å². The van der Waals surface area contributed by atoms with E-state index in [-0.39, 0.29) is 12.3 Å². The maximum absolute atomic E-state index is 12.7. The maximum atomic E-state index is 12.7. The first-order valence-electron chi connectivity index (χ1n) is 10.2. The minimum atomic E-state index is -1.75. The topological polar surface area (TPSA) is 128 Å². The highest BCUT2D eigenvalue weighted by atomic mass is 16.5. The van der Waals surface area contributed by atoms with E-state index in [1.54, 1.807) is 4.90 Å². The summed E-state index contributed by atoms with van der Waals surface area (Å²) in [4.78, 5) is 38.3. The molecule has 9 nitrogen and oxygen atoms in total. The first kappa shape index (κ1) is 23.9. The second-order valence-corrected chi connectivity index (χ2v) is 7.36. The van der Waals surface area contributed by atoms with Crippen molar-refractivity contribution >= 4 is 24.8 Å². The molecule has 10 heteroatoms. The third kappa shape index (κ3) is 8.13. The van der Waals surface area contributed by atoms with Gasteiger partial charge in [-0.1, -0.05) is 30.3 Å². The zero-order valence-electron chi connectivity index (χ0n) is 17.3. The van der Waals surface area contributed by atoms with Crippen LogP contribution in [0, 0.1) is 0 Å². The molecule has 0 aromatic heterocycles. The largest absolute Gasteiger partial charge is 0.475 e. The van der Waals surface area contributed by atoms with Crippen LogP contribution in [0.2, 0.25) is 0 Å². The number of carbonyl (C=O) groups excluding carboxylic acids is 3. The van der Waals surface area contributed by atoms with Crippen LogP contribution in [0.4, 0.5) is 0 Å². The van der Waals surface area contributed by atoms with E-state index in [1.807, 2.05) is 30.3 Å². The van der Waals surface area contributed by atoms with Gasteiger partial charge in [0.2, 0.25) is 17.7 Å². The molecule has 0 radical (unpaired) electrons. The number of nitrogens with zero attached hydrogens (tertiary/aromatic N) is 1. The smallest absolute Gasteiger partial charge is 0.426 e. The van der Waals surface area contributed by atoms with Crippen LogP contribution < -0.4 is 10.6 Å². The van der Waals surface area contributed by atoms with Crippen LogP contribution in [-0.4, -0.2) is 78.1 Å². The lowest BCUT2D eigenvalue weighted by atomic mass is 9.76. The van der Waals surface area contributed by atoms with Gasteiger partial charge in [0.1, 0.15) is 6.04 Å². The molecule has 0 aliphatic carbocycles. The summed E-state index contributed by atoms with van der Waals surface area (Å²) in [5.41, 5.74) is 1.11. The molecule has 1 aromatic rings. The highest BCUT2D eigenvalue weighted by molar-refractivity contribution is 6.43. The molecule has 1 saturated heterocycles. The van der Waals surface area contributed by atoms with Crippen molar-refractivity contribution in [2.75, 3.05) is 26.3 Å². The predicted octanol–water partition coefficient (Wildman–Crippen LogP) is -0.740. The minimum Gasteiger partial charge on any atom is -0.426 e. The number of benzene rings is 1. The van der Waals surface area contributed by atoms with Crippen LogP contribution in [0.15, 0.2) is 30.3 Å². The molecule has 1 aromatic carbocycles. The number of hydrogen-bond donors (Lipinski definition) is 4. The van der Waals surface area contributed by atoms with E-state index >= 15 is 0 Å². The molecule has 4 N–H and O–H groups in total. The number of ether oxygens (including phenoxy) is 1. The molecule has 1 heterocycles. The number of amides is 3. The van der Waals surface area contributed by atoms with E-state index in [0.717, 1.165) is 12.0 Å². The molecule has 1 aliphatic rings. The second-order valence-electron chi connectivity index (χ2n) is 7.36. The summed E-state index contributed by atoms with van der Waals surface area (Å²) >= 11 is 0. The Morgan fingerprint density at radius 2 is 1.80 bits per heavy atom. The summed E-state index contributed by atoms with van der Waals surface area (Å²) in [6.07, 6.45) is 1.49. The van der Waals surface area contributed by atoms with Crippen LogP contribution in [0.1, 0.15) is 31.7 Å². The fourth-order valence-electron chi connectivity index (χ4n) is 3.32. The average molecular weight is 419 g/mol. The van der Waals surface area contributed by atoms with E-state index < -0.39 is 30.9 Å². The summed E-state index contributed by atoms with van der Waals surface area (Å²) in [6, 6.07) is 8.65. The fourth-order valence-corrected chi connectivity index (χ4v) is 3.32. The van der Waals surface area contributed by atoms with Crippen molar-refractivity contribution in [3.63, 3.8) is 0 Å². The van der Waals surface area contributed by atoms with E-state index in [9.17, 15) is 24.4 Å². The van der Waals surface area contributed by atoms with E-state index in [1.165, 1.54) is 6.92 Å². The Balaban J connectivity index is 1.92. The first-order valence-corrected chi connectivity index (χ1v) is 10.2. The molecule has 3 amide bonds. The highest BCUT2D eigenvalue weighted by Crippen LogP contribution is 2.09. The van der Waals surface area contributed by atoms with Crippen molar-refractivity contribution in [1.82, 2.24) is 15.5 Å². The highest BCUT2D eigenvalue weighted by Gasteiger charge is 2.31. The fraction of sp³-hybridized carbons (Fsp3) is 0.550. The minimum absolute atomic E-state index is 0.205. The molecule has 1 fully saturated rings. The SMILES string of the molecule is CC(=O)NC(CC(=O)N1CCOCC1)C(=O)N[C@@H](CCCc1ccccc1)B(O)O. The van der Waals surface area contributed by atoms with E-state index in [2.05, 4.69) is 10.6 Å². The number of nitrogens with one attached hydrogen (secondary N) is 2. The van der Waals surface area contributed by atoms with Gasteiger partial charge >= 0.3 is 7.12 Å². The number of rotatable bonds is 10. The van der Waals surface area contributed by atoms with Crippen molar-refractivity contribution in [1.29, 1.82) is 0 Å². The lowest BCUT2D eigenvalue weighted by Gasteiger charge is -2.29. The zero-order valence-corrected chi connectivity index (χ0v) is 17.3. The average Bonchev–Trinajstić information content (AvgIpc) is 2.73. The van der Waals surface area contributed by atoms with Crippen LogP contribution in [0.5, 0.6) is 0 Å². The number of aryl methyl sites for hydroxylation is 1. The van der Waals surface area contributed by atoms with Gasteiger partial charge in [-0.3, -0.25) is 14.4 Å². The summed E-state index contributed by atoms with van der Waals surface area (Å²) in [5, 5.41) is 24.4. The molecule has 1 unspecified atom stereocenters. The van der Waals surface area contributed by atoms with Gasteiger partial charge in [-0.15, -0.1) is 0 Å². The summed E-state index contributed by atoms with van der Waals surface area (Å²) in [6.45, 7) is 3.00. The number of morpholine rings is 1. The molecule has 30 heavy (non-hydrogen) atoms. The monoisotopic (exact) mass is 419 g/mol. The van der Waals surface area contributed by atoms with Crippen molar-refractivity contribution < 1.29 is 29.2 Å². The maximum Gasteiger partial charge on any atom is 0.475 e. The predicted molar refractivity (Wildman–Crippen MR) is 111 cm³/mol. The third-order valence-corrected chi connectivity index (χ3v) is 4.95. The van der Waals surface area contributed by atoms with E-state index in [0.29, 0.717) is 39.1 Å². The van der Waals surface area contributed by atoms with Crippen LogP contribution in [0.3, 0.4) is 0 Å². The Bertz CT molecular complexity index is 697. The lowest BCUT2D eigenvalue weighted by Crippen LogP contribution is -2.55. The van der Waals surface area contributed by atoms with Crippen molar-refractivity contribution in [3.05, 3.63) is 35.9 Å². The lowest BCUT2D eigenvalue weighted by molar-refractivity contribution is -0.139. The number of hydrogen-bond acceptors (Lipinski definition) is 6. The second kappa shape index (κ2) is 12.3. The van der Waals surface area contributed by atoms with Crippen LogP contribution >= 0.6 is 0 Å². The summed E-state index contributed by atoms with van der Waals surface area (Å²) < 4.78 is 5.22.